The molecule has 0 spiro atoms. The van der Waals surface area contributed by atoms with Gasteiger partial charge in [-0.05, 0) is 42.8 Å². The van der Waals surface area contributed by atoms with Gasteiger partial charge in [0.2, 0.25) is 5.95 Å². The molecule has 0 aliphatic rings. The summed E-state index contributed by atoms with van der Waals surface area (Å²) >= 11 is 0. The van der Waals surface area contributed by atoms with Crippen LogP contribution in [0.1, 0.15) is 6.92 Å². The van der Waals surface area contributed by atoms with E-state index in [0.29, 0.717) is 23.1 Å². The van der Waals surface area contributed by atoms with Gasteiger partial charge in [0.1, 0.15) is 11.5 Å². The average molecular weight is 365 g/mol. The van der Waals surface area contributed by atoms with E-state index >= 15 is 0 Å². The second-order valence-corrected chi connectivity index (χ2v) is 5.83. The van der Waals surface area contributed by atoms with Gasteiger partial charge >= 0.3 is 6.03 Å². The maximum Gasteiger partial charge on any atom is 0.321 e. The van der Waals surface area contributed by atoms with E-state index in [1.807, 2.05) is 19.1 Å². The number of carbonyl (C=O) groups is 1. The van der Waals surface area contributed by atoms with E-state index in [1.54, 1.807) is 18.6 Å². The van der Waals surface area contributed by atoms with E-state index in [4.69, 9.17) is 4.42 Å². The molecule has 0 saturated heterocycles. The van der Waals surface area contributed by atoms with Gasteiger partial charge in [-0.2, -0.15) is 0 Å². The van der Waals surface area contributed by atoms with E-state index < -0.39 is 5.82 Å². The van der Waals surface area contributed by atoms with Crippen molar-refractivity contribution in [1.82, 2.24) is 20.3 Å². The number of urea groups is 1. The zero-order valence-electron chi connectivity index (χ0n) is 14.4. The van der Waals surface area contributed by atoms with Gasteiger partial charge in [0, 0.05) is 23.9 Å². The molecular formula is C19H16FN5O2. The fraction of sp³-hybridized carbons (Fsp3) is 0.105. The Kier molecular flexibility index (Phi) is 4.29. The van der Waals surface area contributed by atoms with Crippen LogP contribution in [0.2, 0.25) is 0 Å². The van der Waals surface area contributed by atoms with Crippen molar-refractivity contribution >= 4 is 23.0 Å². The molecule has 0 aliphatic heterocycles. The number of hydrogen-bond donors (Lipinski definition) is 3. The Labute approximate surface area is 153 Å². The molecule has 1 aromatic carbocycles. The average Bonchev–Trinajstić information content (AvgIpc) is 3.31. The van der Waals surface area contributed by atoms with Crippen LogP contribution in [0, 0.1) is 5.82 Å². The van der Waals surface area contributed by atoms with Crippen molar-refractivity contribution in [2.75, 3.05) is 11.9 Å². The first-order valence-electron chi connectivity index (χ1n) is 8.37. The minimum absolute atomic E-state index is 0.195. The molecule has 3 aromatic heterocycles. The Morgan fingerprint density at radius 2 is 2.19 bits per heavy atom. The van der Waals surface area contributed by atoms with Crippen LogP contribution >= 0.6 is 0 Å². The summed E-state index contributed by atoms with van der Waals surface area (Å²) in [6, 6.07) is 7.96. The number of carbonyl (C=O) groups excluding carboxylic acids is 1. The number of halogens is 1. The van der Waals surface area contributed by atoms with Gasteiger partial charge in [-0.1, -0.05) is 0 Å². The Hall–Kier alpha value is -3.68. The van der Waals surface area contributed by atoms with E-state index in [1.165, 1.54) is 18.3 Å². The molecule has 0 radical (unpaired) electrons. The number of fused-ring (bicyclic) bond motifs is 1. The maximum absolute atomic E-state index is 14.4. The summed E-state index contributed by atoms with van der Waals surface area (Å²) in [7, 11) is 0. The van der Waals surface area contributed by atoms with Crippen LogP contribution in [0.3, 0.4) is 0 Å². The van der Waals surface area contributed by atoms with Gasteiger partial charge in [0.25, 0.3) is 0 Å². The van der Waals surface area contributed by atoms with Crippen molar-refractivity contribution in [2.24, 2.45) is 0 Å². The standard InChI is InChI=1S/C19H16FN5O2/c1-2-21-19(26)25-18-23-15-9-12(11-5-7-27-10-11)8-13(17(15)24-18)16-14(20)4-3-6-22-16/h3-10H,2H2,1H3,(H3,21,23,24,25,26). The van der Waals surface area contributed by atoms with Crippen molar-refractivity contribution < 1.29 is 13.6 Å². The van der Waals surface area contributed by atoms with Crippen molar-refractivity contribution in [3.63, 3.8) is 0 Å². The first kappa shape index (κ1) is 16.8. The predicted molar refractivity (Wildman–Crippen MR) is 99.7 cm³/mol. The monoisotopic (exact) mass is 365 g/mol. The van der Waals surface area contributed by atoms with Crippen LogP contribution < -0.4 is 10.6 Å². The number of pyridine rings is 1. The van der Waals surface area contributed by atoms with Crippen LogP contribution in [-0.2, 0) is 0 Å². The van der Waals surface area contributed by atoms with Gasteiger partial charge < -0.3 is 14.7 Å². The van der Waals surface area contributed by atoms with Crippen molar-refractivity contribution in [2.45, 2.75) is 6.92 Å². The summed E-state index contributed by atoms with van der Waals surface area (Å²) in [6.07, 6.45) is 4.69. The van der Waals surface area contributed by atoms with Gasteiger partial charge in [-0.25, -0.2) is 14.2 Å². The number of rotatable bonds is 4. The molecule has 7 nitrogen and oxygen atoms in total. The Balaban J connectivity index is 1.89. The number of furan rings is 1. The van der Waals surface area contributed by atoms with Crippen LogP contribution in [-0.4, -0.2) is 27.5 Å². The quantitative estimate of drug-likeness (QED) is 0.506. The van der Waals surface area contributed by atoms with E-state index in [0.717, 1.165) is 11.1 Å². The first-order chi connectivity index (χ1) is 13.2. The third-order valence-corrected chi connectivity index (χ3v) is 4.03. The minimum Gasteiger partial charge on any atom is -0.472 e. The molecule has 27 heavy (non-hydrogen) atoms. The van der Waals surface area contributed by atoms with Gasteiger partial charge in [0.15, 0.2) is 0 Å². The molecule has 0 bridgehead atoms. The zero-order chi connectivity index (χ0) is 18.8. The third kappa shape index (κ3) is 3.24. The van der Waals surface area contributed by atoms with Crippen LogP contribution in [0.4, 0.5) is 15.1 Å². The highest BCUT2D eigenvalue weighted by atomic mass is 19.1. The largest absolute Gasteiger partial charge is 0.472 e. The number of aromatic amines is 1. The molecule has 0 unspecified atom stereocenters. The normalized spacial score (nSPS) is 10.9. The number of H-pyrrole nitrogens is 1. The number of anilines is 1. The lowest BCUT2D eigenvalue weighted by molar-refractivity contribution is 0.252. The molecule has 136 valence electrons. The van der Waals surface area contributed by atoms with Crippen molar-refractivity contribution in [1.29, 1.82) is 0 Å². The second-order valence-electron chi connectivity index (χ2n) is 5.83. The topological polar surface area (TPSA) is 95.8 Å². The summed E-state index contributed by atoms with van der Waals surface area (Å²) < 4.78 is 19.6. The van der Waals surface area contributed by atoms with Crippen molar-refractivity contribution in [3.8, 4) is 22.4 Å². The number of nitrogens with one attached hydrogen (secondary N) is 3. The highest BCUT2D eigenvalue weighted by Crippen LogP contribution is 2.34. The minimum atomic E-state index is -0.448. The lowest BCUT2D eigenvalue weighted by Crippen LogP contribution is -2.28. The highest BCUT2D eigenvalue weighted by molar-refractivity contribution is 5.98. The smallest absolute Gasteiger partial charge is 0.321 e. The van der Waals surface area contributed by atoms with E-state index in [9.17, 15) is 9.18 Å². The lowest BCUT2D eigenvalue weighted by Gasteiger charge is -2.06. The predicted octanol–water partition coefficient (Wildman–Crippen LogP) is 4.17. The van der Waals surface area contributed by atoms with Crippen molar-refractivity contribution in [3.05, 3.63) is 54.9 Å². The van der Waals surface area contributed by atoms with E-state index in [-0.39, 0.29) is 17.7 Å². The van der Waals surface area contributed by atoms with Gasteiger partial charge in [-0.3, -0.25) is 10.3 Å². The zero-order valence-corrected chi connectivity index (χ0v) is 14.4. The molecule has 3 N–H and O–H groups in total. The molecule has 4 rings (SSSR count). The molecule has 2 amide bonds. The lowest BCUT2D eigenvalue weighted by atomic mass is 10.0. The number of benzene rings is 1. The van der Waals surface area contributed by atoms with Gasteiger partial charge in [-0.15, -0.1) is 0 Å². The number of imidazole rings is 1. The molecule has 0 fully saturated rings. The molecule has 0 saturated carbocycles. The second kappa shape index (κ2) is 6.91. The maximum atomic E-state index is 14.4. The van der Waals surface area contributed by atoms with Crippen LogP contribution in [0.5, 0.6) is 0 Å². The number of hydrogen-bond acceptors (Lipinski definition) is 4. The highest BCUT2D eigenvalue weighted by Gasteiger charge is 2.17. The fourth-order valence-electron chi connectivity index (χ4n) is 2.85. The summed E-state index contributed by atoms with van der Waals surface area (Å²) in [6.45, 7) is 2.30. The summed E-state index contributed by atoms with van der Waals surface area (Å²) in [4.78, 5) is 23.4. The molecule has 8 heteroatoms. The summed E-state index contributed by atoms with van der Waals surface area (Å²) in [5, 5.41) is 5.26. The van der Waals surface area contributed by atoms with E-state index in [2.05, 4.69) is 25.6 Å². The summed E-state index contributed by atoms with van der Waals surface area (Å²) in [5.41, 5.74) is 3.51. The molecule has 0 atom stereocenters. The number of nitrogens with zero attached hydrogens (tertiary/aromatic N) is 2. The fourth-order valence-corrected chi connectivity index (χ4v) is 2.85. The molecule has 0 aliphatic carbocycles. The first-order valence-corrected chi connectivity index (χ1v) is 8.37. The van der Waals surface area contributed by atoms with Crippen LogP contribution in [0.25, 0.3) is 33.4 Å². The SMILES string of the molecule is CCNC(=O)Nc1nc2cc(-c3ccoc3)cc(-c3ncccc3F)c2[nH]1. The molecular weight excluding hydrogens is 349 g/mol. The molecule has 3 heterocycles. The Bertz CT molecular complexity index is 1100. The Morgan fingerprint density at radius 3 is 2.93 bits per heavy atom. The number of amides is 2. The number of aromatic nitrogens is 3. The Morgan fingerprint density at radius 1 is 1.30 bits per heavy atom. The van der Waals surface area contributed by atoms with Gasteiger partial charge in [0.05, 0.1) is 23.6 Å². The third-order valence-electron chi connectivity index (χ3n) is 4.03. The van der Waals surface area contributed by atoms with Crippen LogP contribution in [0.15, 0.2) is 53.5 Å². The summed E-state index contributed by atoms with van der Waals surface area (Å²) in [5.74, 6) is -0.186. The molecule has 4 aromatic rings.